The fourth-order valence-electron chi connectivity index (χ4n) is 1.42. The van der Waals surface area contributed by atoms with Crippen LogP contribution >= 0.6 is 11.6 Å². The van der Waals surface area contributed by atoms with E-state index in [-0.39, 0.29) is 6.61 Å². The maximum absolute atomic E-state index is 8.54. The first kappa shape index (κ1) is 15.2. The summed E-state index contributed by atoms with van der Waals surface area (Å²) in [7, 11) is 0. The Morgan fingerprint density at radius 3 is 2.78 bits per heavy atom. The molecule has 0 aliphatic heterocycles. The molecule has 2 N–H and O–H groups in total. The highest BCUT2D eigenvalue weighted by Gasteiger charge is 2.03. The zero-order valence-electron chi connectivity index (χ0n) is 10.6. The average molecular weight is 274 g/mol. The second-order valence-electron chi connectivity index (χ2n) is 3.73. The Hall–Kier alpha value is -0.810. The Kier molecular flexibility index (Phi) is 7.76. The van der Waals surface area contributed by atoms with E-state index in [1.54, 1.807) is 0 Å². The van der Waals surface area contributed by atoms with E-state index >= 15 is 0 Å². The summed E-state index contributed by atoms with van der Waals surface area (Å²) in [5, 5.41) is 12.4. The molecule has 0 aliphatic rings. The molecule has 4 nitrogen and oxygen atoms in total. The monoisotopic (exact) mass is 273 g/mol. The zero-order valence-corrected chi connectivity index (χ0v) is 11.4. The van der Waals surface area contributed by atoms with E-state index in [0.29, 0.717) is 30.6 Å². The van der Waals surface area contributed by atoms with Crippen LogP contribution in [0.25, 0.3) is 0 Å². The van der Waals surface area contributed by atoms with Crippen molar-refractivity contribution in [1.29, 1.82) is 0 Å². The van der Waals surface area contributed by atoms with Crippen LogP contribution in [0.1, 0.15) is 12.5 Å². The van der Waals surface area contributed by atoms with Gasteiger partial charge in [-0.3, -0.25) is 0 Å². The second kappa shape index (κ2) is 9.16. The normalized spacial score (nSPS) is 10.6. The summed E-state index contributed by atoms with van der Waals surface area (Å²) in [4.78, 5) is 0. The van der Waals surface area contributed by atoms with E-state index in [9.17, 15) is 0 Å². The molecule has 5 heteroatoms. The van der Waals surface area contributed by atoms with E-state index in [2.05, 4.69) is 12.2 Å². The predicted molar refractivity (Wildman–Crippen MR) is 72.2 cm³/mol. The molecule has 102 valence electrons. The molecule has 1 aromatic carbocycles. The van der Waals surface area contributed by atoms with E-state index in [0.717, 1.165) is 18.7 Å². The molecule has 0 heterocycles. The minimum Gasteiger partial charge on any atom is -0.490 e. The summed E-state index contributed by atoms with van der Waals surface area (Å²) in [6, 6.07) is 5.74. The lowest BCUT2D eigenvalue weighted by Crippen LogP contribution is -2.12. The topological polar surface area (TPSA) is 50.7 Å². The Morgan fingerprint density at radius 2 is 2.11 bits per heavy atom. The van der Waals surface area contributed by atoms with Crippen molar-refractivity contribution in [2.24, 2.45) is 0 Å². The number of nitrogens with one attached hydrogen (secondary N) is 1. The Bertz CT molecular complexity index is 347. The lowest BCUT2D eigenvalue weighted by atomic mass is 10.2. The van der Waals surface area contributed by atoms with Gasteiger partial charge in [-0.1, -0.05) is 24.6 Å². The zero-order chi connectivity index (χ0) is 13.2. The molecule has 0 atom stereocenters. The molecular weight excluding hydrogens is 254 g/mol. The van der Waals surface area contributed by atoms with E-state index in [1.165, 1.54) is 0 Å². The van der Waals surface area contributed by atoms with Crippen molar-refractivity contribution in [3.8, 4) is 5.75 Å². The first-order valence-corrected chi connectivity index (χ1v) is 6.46. The number of halogens is 1. The van der Waals surface area contributed by atoms with Gasteiger partial charge < -0.3 is 19.9 Å². The molecule has 1 aromatic rings. The predicted octanol–water partition coefficient (Wildman–Crippen LogP) is 1.84. The lowest BCUT2D eigenvalue weighted by Gasteiger charge is -2.10. The molecule has 0 radical (unpaired) electrons. The Morgan fingerprint density at radius 1 is 1.28 bits per heavy atom. The molecule has 0 aliphatic carbocycles. The molecule has 0 bridgehead atoms. The van der Waals surface area contributed by atoms with Crippen LogP contribution in [0.5, 0.6) is 5.75 Å². The van der Waals surface area contributed by atoms with Gasteiger partial charge in [0.15, 0.2) is 0 Å². The number of hydrogen-bond acceptors (Lipinski definition) is 4. The summed E-state index contributed by atoms with van der Waals surface area (Å²) < 4.78 is 10.6. The molecule has 0 saturated heterocycles. The van der Waals surface area contributed by atoms with Gasteiger partial charge >= 0.3 is 0 Å². The molecule has 0 fully saturated rings. The smallest absolute Gasteiger partial charge is 0.138 e. The van der Waals surface area contributed by atoms with Gasteiger partial charge in [0.2, 0.25) is 0 Å². The number of hydrogen-bond donors (Lipinski definition) is 2. The fourth-order valence-corrected chi connectivity index (χ4v) is 1.68. The van der Waals surface area contributed by atoms with Gasteiger partial charge in [0.25, 0.3) is 0 Å². The van der Waals surface area contributed by atoms with Crippen LogP contribution in [-0.2, 0) is 11.3 Å². The maximum Gasteiger partial charge on any atom is 0.138 e. The lowest BCUT2D eigenvalue weighted by molar-refractivity contribution is 0.0705. The van der Waals surface area contributed by atoms with Crippen LogP contribution in [0.2, 0.25) is 5.02 Å². The summed E-state index contributed by atoms with van der Waals surface area (Å²) >= 11 is 6.11. The van der Waals surface area contributed by atoms with Crippen molar-refractivity contribution in [3.63, 3.8) is 0 Å². The Balaban J connectivity index is 2.37. The Labute approximate surface area is 113 Å². The van der Waals surface area contributed by atoms with Crippen molar-refractivity contribution >= 4 is 11.6 Å². The van der Waals surface area contributed by atoms with Gasteiger partial charge in [0.1, 0.15) is 12.4 Å². The van der Waals surface area contributed by atoms with Crippen LogP contribution in [0.3, 0.4) is 0 Å². The minimum atomic E-state index is 0.0277. The van der Waals surface area contributed by atoms with Gasteiger partial charge in [-0.05, 0) is 24.2 Å². The second-order valence-corrected chi connectivity index (χ2v) is 4.14. The number of benzene rings is 1. The van der Waals surface area contributed by atoms with Crippen LogP contribution < -0.4 is 10.1 Å². The SMILES string of the molecule is CCNCc1ccc(OCCOCCO)c(Cl)c1. The molecule has 0 unspecified atom stereocenters. The number of ether oxygens (including phenoxy) is 2. The number of aliphatic hydroxyl groups excluding tert-OH is 1. The number of aliphatic hydroxyl groups is 1. The van der Waals surface area contributed by atoms with E-state index in [1.807, 2.05) is 18.2 Å². The molecule has 18 heavy (non-hydrogen) atoms. The highest BCUT2D eigenvalue weighted by atomic mass is 35.5. The largest absolute Gasteiger partial charge is 0.490 e. The van der Waals surface area contributed by atoms with Crippen molar-refractivity contribution < 1.29 is 14.6 Å². The first-order chi connectivity index (χ1) is 8.77. The average Bonchev–Trinajstić information content (AvgIpc) is 2.38. The van der Waals surface area contributed by atoms with Gasteiger partial charge in [-0.15, -0.1) is 0 Å². The molecule has 0 spiro atoms. The van der Waals surface area contributed by atoms with Crippen LogP contribution in [0.15, 0.2) is 18.2 Å². The highest BCUT2D eigenvalue weighted by molar-refractivity contribution is 6.32. The van der Waals surface area contributed by atoms with Crippen LogP contribution in [-0.4, -0.2) is 38.1 Å². The van der Waals surface area contributed by atoms with E-state index < -0.39 is 0 Å². The third kappa shape index (κ3) is 5.69. The van der Waals surface area contributed by atoms with Crippen molar-refractivity contribution in [1.82, 2.24) is 5.32 Å². The third-order valence-electron chi connectivity index (χ3n) is 2.30. The van der Waals surface area contributed by atoms with E-state index in [4.69, 9.17) is 26.2 Å². The summed E-state index contributed by atoms with van der Waals surface area (Å²) in [5.41, 5.74) is 1.13. The third-order valence-corrected chi connectivity index (χ3v) is 2.59. The van der Waals surface area contributed by atoms with Gasteiger partial charge in [-0.2, -0.15) is 0 Å². The summed E-state index contributed by atoms with van der Waals surface area (Å²) in [5.74, 6) is 0.657. The molecule has 0 aromatic heterocycles. The van der Waals surface area contributed by atoms with Crippen molar-refractivity contribution in [3.05, 3.63) is 28.8 Å². The summed E-state index contributed by atoms with van der Waals surface area (Å²) in [6.07, 6.45) is 0. The first-order valence-electron chi connectivity index (χ1n) is 6.08. The minimum absolute atomic E-state index is 0.0277. The van der Waals surface area contributed by atoms with Crippen molar-refractivity contribution in [2.45, 2.75) is 13.5 Å². The highest BCUT2D eigenvalue weighted by Crippen LogP contribution is 2.25. The molecular formula is C13H20ClNO3. The van der Waals surface area contributed by atoms with Gasteiger partial charge in [-0.25, -0.2) is 0 Å². The number of rotatable bonds is 9. The van der Waals surface area contributed by atoms with Gasteiger partial charge in [0, 0.05) is 6.54 Å². The van der Waals surface area contributed by atoms with Crippen LogP contribution in [0, 0.1) is 0 Å². The molecule has 0 saturated carbocycles. The standard InChI is InChI=1S/C13H20ClNO3/c1-2-15-10-11-3-4-13(12(14)9-11)18-8-7-17-6-5-16/h3-4,9,15-16H,2,5-8,10H2,1H3. The van der Waals surface area contributed by atoms with Gasteiger partial charge in [0.05, 0.1) is 24.8 Å². The molecule has 1 rings (SSSR count). The fraction of sp³-hybridized carbons (Fsp3) is 0.538. The quantitative estimate of drug-likeness (QED) is 0.674. The van der Waals surface area contributed by atoms with Crippen molar-refractivity contribution in [2.75, 3.05) is 33.0 Å². The molecule has 0 amide bonds. The van der Waals surface area contributed by atoms with Crippen LogP contribution in [0.4, 0.5) is 0 Å². The maximum atomic E-state index is 8.54. The summed E-state index contributed by atoms with van der Waals surface area (Å²) in [6.45, 7) is 5.01.